The molecule has 2 rings (SSSR count). The quantitative estimate of drug-likeness (QED) is 0.692. The van der Waals surface area contributed by atoms with Crippen molar-refractivity contribution >= 4 is 11.8 Å². The van der Waals surface area contributed by atoms with E-state index in [0.29, 0.717) is 18.2 Å². The van der Waals surface area contributed by atoms with Crippen LogP contribution in [0.4, 0.5) is 11.8 Å². The lowest BCUT2D eigenvalue weighted by Crippen LogP contribution is -2.10. The number of hydrogen-bond acceptors (Lipinski definition) is 6. The number of nitrogens with zero attached hydrogens (tertiary/aromatic N) is 2. The number of anilines is 2. The maximum atomic E-state index is 5.81. The van der Waals surface area contributed by atoms with Crippen LogP contribution in [-0.4, -0.2) is 30.2 Å². The fourth-order valence-corrected chi connectivity index (χ4v) is 2.07. The van der Waals surface area contributed by atoms with E-state index in [1.807, 2.05) is 24.3 Å². The summed E-state index contributed by atoms with van der Waals surface area (Å²) in [6, 6.07) is 7.95. The van der Waals surface area contributed by atoms with Crippen LogP contribution in [0.3, 0.4) is 0 Å². The summed E-state index contributed by atoms with van der Waals surface area (Å²) in [6.07, 6.45) is 4.59. The standard InChI is InChI=1S/C17H24N4O2/c1-3-4-10-19-16-15(12-20-17(18)21-16)23-11-9-13-5-7-14(22-2)8-6-13/h5-8,12H,3-4,9-11H2,1-2H3,(H3,18,19,20,21). The summed E-state index contributed by atoms with van der Waals surface area (Å²) in [6.45, 7) is 3.52. The van der Waals surface area contributed by atoms with Crippen molar-refractivity contribution in [3.05, 3.63) is 36.0 Å². The van der Waals surface area contributed by atoms with Gasteiger partial charge in [-0.3, -0.25) is 0 Å². The summed E-state index contributed by atoms with van der Waals surface area (Å²) < 4.78 is 11.0. The normalized spacial score (nSPS) is 10.3. The van der Waals surface area contributed by atoms with Gasteiger partial charge in [-0.15, -0.1) is 0 Å². The van der Waals surface area contributed by atoms with Gasteiger partial charge >= 0.3 is 0 Å². The maximum absolute atomic E-state index is 5.81. The number of nitrogens with two attached hydrogens (primary N) is 1. The Balaban J connectivity index is 1.90. The van der Waals surface area contributed by atoms with Crippen molar-refractivity contribution in [2.75, 3.05) is 31.3 Å². The molecule has 0 saturated heterocycles. The predicted molar refractivity (Wildman–Crippen MR) is 92.0 cm³/mol. The molecule has 0 fully saturated rings. The molecule has 0 aliphatic carbocycles. The van der Waals surface area contributed by atoms with Gasteiger partial charge in [-0.05, 0) is 24.1 Å². The summed E-state index contributed by atoms with van der Waals surface area (Å²) in [5.74, 6) is 2.38. The van der Waals surface area contributed by atoms with Gasteiger partial charge in [-0.2, -0.15) is 4.98 Å². The monoisotopic (exact) mass is 316 g/mol. The first-order valence-corrected chi connectivity index (χ1v) is 7.85. The highest BCUT2D eigenvalue weighted by Crippen LogP contribution is 2.22. The Kier molecular flexibility index (Phi) is 6.47. The van der Waals surface area contributed by atoms with Gasteiger partial charge in [-0.1, -0.05) is 25.5 Å². The molecule has 1 aromatic carbocycles. The Morgan fingerprint density at radius 2 is 2.00 bits per heavy atom. The molecule has 0 aliphatic heterocycles. The van der Waals surface area contributed by atoms with Crippen LogP contribution in [-0.2, 0) is 6.42 Å². The van der Waals surface area contributed by atoms with E-state index in [1.165, 1.54) is 5.56 Å². The van der Waals surface area contributed by atoms with Crippen LogP contribution >= 0.6 is 0 Å². The fourth-order valence-electron chi connectivity index (χ4n) is 2.07. The molecule has 0 amide bonds. The lowest BCUT2D eigenvalue weighted by atomic mass is 10.1. The van der Waals surface area contributed by atoms with Crippen molar-refractivity contribution in [2.24, 2.45) is 0 Å². The van der Waals surface area contributed by atoms with Crippen molar-refractivity contribution in [2.45, 2.75) is 26.2 Å². The number of hydrogen-bond donors (Lipinski definition) is 2. The van der Waals surface area contributed by atoms with Gasteiger partial charge in [0.25, 0.3) is 0 Å². The van der Waals surface area contributed by atoms with Crippen molar-refractivity contribution in [1.82, 2.24) is 9.97 Å². The average molecular weight is 316 g/mol. The summed E-state index contributed by atoms with van der Waals surface area (Å²) in [5, 5.41) is 3.25. The van der Waals surface area contributed by atoms with E-state index in [0.717, 1.165) is 31.6 Å². The highest BCUT2D eigenvalue weighted by molar-refractivity contribution is 5.51. The Labute approximate surface area is 137 Å². The number of methoxy groups -OCH3 is 1. The third kappa shape index (κ3) is 5.32. The Morgan fingerprint density at radius 3 is 2.70 bits per heavy atom. The molecule has 1 aromatic heterocycles. The molecule has 0 radical (unpaired) electrons. The second kappa shape index (κ2) is 8.82. The van der Waals surface area contributed by atoms with Crippen LogP contribution < -0.4 is 20.5 Å². The number of nitrogen functional groups attached to an aromatic ring is 1. The average Bonchev–Trinajstić information content (AvgIpc) is 2.57. The lowest BCUT2D eigenvalue weighted by molar-refractivity contribution is 0.321. The molecule has 0 spiro atoms. The van der Waals surface area contributed by atoms with Crippen LogP contribution in [0.1, 0.15) is 25.3 Å². The molecular formula is C17H24N4O2. The van der Waals surface area contributed by atoms with Gasteiger partial charge in [0.1, 0.15) is 5.75 Å². The van der Waals surface area contributed by atoms with Gasteiger partial charge in [0, 0.05) is 13.0 Å². The highest BCUT2D eigenvalue weighted by atomic mass is 16.5. The first-order valence-electron chi connectivity index (χ1n) is 7.85. The third-order valence-electron chi connectivity index (χ3n) is 3.40. The first-order chi connectivity index (χ1) is 11.2. The molecule has 6 nitrogen and oxygen atoms in total. The van der Waals surface area contributed by atoms with Crippen LogP contribution in [0.25, 0.3) is 0 Å². The fraction of sp³-hybridized carbons (Fsp3) is 0.412. The molecule has 124 valence electrons. The molecule has 1 heterocycles. The molecule has 0 bridgehead atoms. The van der Waals surface area contributed by atoms with E-state index in [1.54, 1.807) is 13.3 Å². The minimum atomic E-state index is 0.242. The smallest absolute Gasteiger partial charge is 0.222 e. The van der Waals surface area contributed by atoms with Gasteiger partial charge in [-0.25, -0.2) is 4.98 Å². The second-order valence-electron chi connectivity index (χ2n) is 5.17. The molecule has 3 N–H and O–H groups in total. The molecule has 0 aliphatic rings. The summed E-state index contributed by atoms with van der Waals surface area (Å²) >= 11 is 0. The van der Waals surface area contributed by atoms with E-state index in [9.17, 15) is 0 Å². The van der Waals surface area contributed by atoms with Crippen molar-refractivity contribution in [3.63, 3.8) is 0 Å². The minimum absolute atomic E-state index is 0.242. The van der Waals surface area contributed by atoms with Crippen LogP contribution in [0.15, 0.2) is 30.5 Å². The molecule has 0 unspecified atom stereocenters. The van der Waals surface area contributed by atoms with Crippen molar-refractivity contribution < 1.29 is 9.47 Å². The Hall–Kier alpha value is -2.50. The Bertz CT molecular complexity index is 602. The number of ether oxygens (including phenoxy) is 2. The zero-order valence-electron chi connectivity index (χ0n) is 13.7. The third-order valence-corrected chi connectivity index (χ3v) is 3.40. The van der Waals surface area contributed by atoms with Gasteiger partial charge in [0.2, 0.25) is 5.95 Å². The van der Waals surface area contributed by atoms with E-state index in [2.05, 4.69) is 22.2 Å². The van der Waals surface area contributed by atoms with E-state index < -0.39 is 0 Å². The second-order valence-corrected chi connectivity index (χ2v) is 5.17. The lowest BCUT2D eigenvalue weighted by Gasteiger charge is -2.12. The molecule has 2 aromatic rings. The predicted octanol–water partition coefficient (Wildman–Crippen LogP) is 2.90. The minimum Gasteiger partial charge on any atom is -0.497 e. The summed E-state index contributed by atoms with van der Waals surface area (Å²) in [4.78, 5) is 8.21. The zero-order chi connectivity index (χ0) is 16.5. The molecule has 0 atom stereocenters. The Morgan fingerprint density at radius 1 is 1.22 bits per heavy atom. The number of benzene rings is 1. The van der Waals surface area contributed by atoms with E-state index >= 15 is 0 Å². The molecule has 0 saturated carbocycles. The van der Waals surface area contributed by atoms with Crippen molar-refractivity contribution in [1.29, 1.82) is 0 Å². The van der Waals surface area contributed by atoms with Crippen LogP contribution in [0.5, 0.6) is 11.5 Å². The number of unbranched alkanes of at least 4 members (excludes halogenated alkanes) is 1. The van der Waals surface area contributed by atoms with E-state index in [4.69, 9.17) is 15.2 Å². The summed E-state index contributed by atoms with van der Waals surface area (Å²) in [5.41, 5.74) is 6.83. The topological polar surface area (TPSA) is 82.3 Å². The maximum Gasteiger partial charge on any atom is 0.222 e. The molecule has 6 heteroatoms. The zero-order valence-corrected chi connectivity index (χ0v) is 13.7. The number of rotatable bonds is 9. The number of nitrogens with one attached hydrogen (secondary N) is 1. The summed E-state index contributed by atoms with van der Waals surface area (Å²) in [7, 11) is 1.66. The van der Waals surface area contributed by atoms with Crippen LogP contribution in [0.2, 0.25) is 0 Å². The van der Waals surface area contributed by atoms with E-state index in [-0.39, 0.29) is 5.95 Å². The molecule has 23 heavy (non-hydrogen) atoms. The van der Waals surface area contributed by atoms with Gasteiger partial charge < -0.3 is 20.5 Å². The molecular weight excluding hydrogens is 292 g/mol. The van der Waals surface area contributed by atoms with Crippen molar-refractivity contribution in [3.8, 4) is 11.5 Å². The number of aromatic nitrogens is 2. The van der Waals surface area contributed by atoms with Gasteiger partial charge in [0.05, 0.1) is 19.9 Å². The SMILES string of the molecule is CCCCNc1nc(N)ncc1OCCc1ccc(OC)cc1. The first kappa shape index (κ1) is 16.9. The van der Waals surface area contributed by atoms with Crippen LogP contribution in [0, 0.1) is 0 Å². The van der Waals surface area contributed by atoms with Gasteiger partial charge in [0.15, 0.2) is 11.6 Å². The largest absolute Gasteiger partial charge is 0.497 e. The highest BCUT2D eigenvalue weighted by Gasteiger charge is 2.07.